The van der Waals surface area contributed by atoms with Crippen molar-refractivity contribution in [3.05, 3.63) is 41.5 Å². The number of aromatic amines is 1. The summed E-state index contributed by atoms with van der Waals surface area (Å²) >= 11 is 0. The lowest BCUT2D eigenvalue weighted by molar-refractivity contribution is 0.0905. The van der Waals surface area contributed by atoms with Crippen molar-refractivity contribution in [1.82, 2.24) is 25.7 Å². The standard InChI is InChI=1S/C12H15N5O/c1-8-5-4-6-9(14-8)11(18)15-12(2,3)10-7-13-17-16-10/h4-7H,1-3H3,(H,15,18)(H,13,16,17). The molecule has 1 amide bonds. The van der Waals surface area contributed by atoms with Crippen LogP contribution in [-0.2, 0) is 5.54 Å². The van der Waals surface area contributed by atoms with Crippen LogP contribution in [0.5, 0.6) is 0 Å². The molecule has 0 saturated carbocycles. The second kappa shape index (κ2) is 4.56. The molecule has 2 aromatic rings. The minimum Gasteiger partial charge on any atom is -0.340 e. The Morgan fingerprint density at radius 1 is 1.39 bits per heavy atom. The monoisotopic (exact) mass is 245 g/mol. The van der Waals surface area contributed by atoms with Crippen molar-refractivity contribution in [3.8, 4) is 0 Å². The van der Waals surface area contributed by atoms with E-state index in [1.165, 1.54) is 0 Å². The Labute approximate surface area is 105 Å². The molecule has 0 atom stereocenters. The van der Waals surface area contributed by atoms with E-state index < -0.39 is 5.54 Å². The molecule has 0 aliphatic heterocycles. The van der Waals surface area contributed by atoms with Gasteiger partial charge in [-0.15, -0.1) is 0 Å². The fraction of sp³-hybridized carbons (Fsp3) is 0.333. The topological polar surface area (TPSA) is 83.6 Å². The maximum Gasteiger partial charge on any atom is 0.270 e. The van der Waals surface area contributed by atoms with Crippen molar-refractivity contribution < 1.29 is 4.79 Å². The highest BCUT2D eigenvalue weighted by molar-refractivity contribution is 5.92. The number of hydrogen-bond donors (Lipinski definition) is 2. The summed E-state index contributed by atoms with van der Waals surface area (Å²) in [4.78, 5) is 16.3. The van der Waals surface area contributed by atoms with Crippen LogP contribution < -0.4 is 5.32 Å². The van der Waals surface area contributed by atoms with Crippen LogP contribution in [0.15, 0.2) is 24.4 Å². The van der Waals surface area contributed by atoms with Gasteiger partial charge in [-0.1, -0.05) is 6.07 Å². The van der Waals surface area contributed by atoms with Gasteiger partial charge < -0.3 is 5.32 Å². The summed E-state index contributed by atoms with van der Waals surface area (Å²) in [6.45, 7) is 5.57. The first kappa shape index (κ1) is 12.2. The first-order valence-electron chi connectivity index (χ1n) is 5.61. The molecule has 2 N–H and O–H groups in total. The number of aryl methyl sites for hydroxylation is 1. The number of carbonyl (C=O) groups excluding carboxylic acids is 1. The third-order valence-corrected chi connectivity index (χ3v) is 2.60. The maximum absolute atomic E-state index is 12.1. The van der Waals surface area contributed by atoms with E-state index in [0.29, 0.717) is 11.4 Å². The fourth-order valence-corrected chi connectivity index (χ4v) is 1.58. The third kappa shape index (κ3) is 2.53. The van der Waals surface area contributed by atoms with Gasteiger partial charge in [0, 0.05) is 5.69 Å². The number of amides is 1. The molecular weight excluding hydrogens is 230 g/mol. The number of H-pyrrole nitrogens is 1. The molecule has 2 heterocycles. The summed E-state index contributed by atoms with van der Waals surface area (Å²) < 4.78 is 0. The van der Waals surface area contributed by atoms with E-state index in [9.17, 15) is 4.79 Å². The zero-order chi connectivity index (χ0) is 13.2. The number of pyridine rings is 1. The molecule has 2 rings (SSSR count). The summed E-state index contributed by atoms with van der Waals surface area (Å²) in [5.41, 5.74) is 1.27. The van der Waals surface area contributed by atoms with E-state index in [4.69, 9.17) is 0 Å². The minimum absolute atomic E-state index is 0.230. The van der Waals surface area contributed by atoms with Crippen LogP contribution in [-0.4, -0.2) is 26.3 Å². The van der Waals surface area contributed by atoms with E-state index in [-0.39, 0.29) is 5.91 Å². The van der Waals surface area contributed by atoms with Crippen LogP contribution in [0, 0.1) is 6.92 Å². The SMILES string of the molecule is Cc1cccc(C(=O)NC(C)(C)c2cn[nH]n2)n1. The van der Waals surface area contributed by atoms with E-state index in [1.807, 2.05) is 26.8 Å². The Bertz CT molecular complexity index is 547. The third-order valence-electron chi connectivity index (χ3n) is 2.60. The zero-order valence-electron chi connectivity index (χ0n) is 10.6. The molecular formula is C12H15N5O. The van der Waals surface area contributed by atoms with E-state index in [0.717, 1.165) is 5.69 Å². The Morgan fingerprint density at radius 3 is 2.78 bits per heavy atom. The second-order valence-electron chi connectivity index (χ2n) is 4.60. The number of nitrogens with zero attached hydrogens (tertiary/aromatic N) is 3. The van der Waals surface area contributed by atoms with Crippen molar-refractivity contribution in [2.45, 2.75) is 26.3 Å². The lowest BCUT2D eigenvalue weighted by Crippen LogP contribution is -2.41. The molecule has 0 bridgehead atoms. The molecule has 0 unspecified atom stereocenters. The molecule has 18 heavy (non-hydrogen) atoms. The zero-order valence-corrected chi connectivity index (χ0v) is 10.6. The van der Waals surface area contributed by atoms with Crippen LogP contribution in [0.2, 0.25) is 0 Å². The van der Waals surface area contributed by atoms with Crippen molar-refractivity contribution in [3.63, 3.8) is 0 Å². The lowest BCUT2D eigenvalue weighted by Gasteiger charge is -2.23. The van der Waals surface area contributed by atoms with Crippen molar-refractivity contribution in [2.75, 3.05) is 0 Å². The molecule has 0 fully saturated rings. The molecule has 0 radical (unpaired) electrons. The van der Waals surface area contributed by atoms with Gasteiger partial charge in [-0.05, 0) is 32.9 Å². The molecule has 0 aromatic carbocycles. The Balaban J connectivity index is 2.17. The summed E-state index contributed by atoms with van der Waals surface area (Å²) in [6.07, 6.45) is 1.59. The van der Waals surface area contributed by atoms with Gasteiger partial charge in [0.2, 0.25) is 0 Å². The highest BCUT2D eigenvalue weighted by Gasteiger charge is 2.26. The van der Waals surface area contributed by atoms with Crippen LogP contribution in [0.25, 0.3) is 0 Å². The largest absolute Gasteiger partial charge is 0.340 e. The number of rotatable bonds is 3. The van der Waals surface area contributed by atoms with E-state index in [1.54, 1.807) is 18.3 Å². The molecule has 6 nitrogen and oxygen atoms in total. The van der Waals surface area contributed by atoms with Gasteiger partial charge in [-0.25, -0.2) is 4.98 Å². The normalized spacial score (nSPS) is 11.3. The molecule has 2 aromatic heterocycles. The number of carbonyl (C=O) groups is 1. The molecule has 6 heteroatoms. The Hall–Kier alpha value is -2.24. The lowest BCUT2D eigenvalue weighted by atomic mass is 10.0. The molecule has 94 valence electrons. The van der Waals surface area contributed by atoms with E-state index in [2.05, 4.69) is 25.7 Å². The van der Waals surface area contributed by atoms with E-state index >= 15 is 0 Å². The van der Waals surface area contributed by atoms with Gasteiger partial charge >= 0.3 is 0 Å². The maximum atomic E-state index is 12.1. The first-order valence-corrected chi connectivity index (χ1v) is 5.61. The fourth-order valence-electron chi connectivity index (χ4n) is 1.58. The van der Waals surface area contributed by atoms with Gasteiger partial charge in [-0.2, -0.15) is 15.4 Å². The second-order valence-corrected chi connectivity index (χ2v) is 4.60. The van der Waals surface area contributed by atoms with Crippen LogP contribution in [0.1, 0.15) is 35.7 Å². The molecule has 0 saturated heterocycles. The highest BCUT2D eigenvalue weighted by Crippen LogP contribution is 2.16. The minimum atomic E-state index is -0.602. The number of hydrogen-bond acceptors (Lipinski definition) is 4. The number of nitrogens with one attached hydrogen (secondary N) is 2. The smallest absolute Gasteiger partial charge is 0.270 e. The van der Waals surface area contributed by atoms with Crippen LogP contribution in [0.3, 0.4) is 0 Å². The van der Waals surface area contributed by atoms with Crippen LogP contribution in [0.4, 0.5) is 0 Å². The van der Waals surface area contributed by atoms with Crippen molar-refractivity contribution in [1.29, 1.82) is 0 Å². The van der Waals surface area contributed by atoms with Gasteiger partial charge in [0.25, 0.3) is 5.91 Å². The van der Waals surface area contributed by atoms with Gasteiger partial charge in [0.05, 0.1) is 11.7 Å². The summed E-state index contributed by atoms with van der Waals surface area (Å²) in [5.74, 6) is -0.230. The Kier molecular flexibility index (Phi) is 3.10. The highest BCUT2D eigenvalue weighted by atomic mass is 16.2. The predicted molar refractivity (Wildman–Crippen MR) is 65.8 cm³/mol. The average molecular weight is 245 g/mol. The van der Waals surface area contributed by atoms with Crippen molar-refractivity contribution in [2.24, 2.45) is 0 Å². The predicted octanol–water partition coefficient (Wildman–Crippen LogP) is 1.17. The van der Waals surface area contributed by atoms with Gasteiger partial charge in [-0.3, -0.25) is 4.79 Å². The first-order chi connectivity index (χ1) is 8.49. The number of aromatic nitrogens is 4. The summed E-state index contributed by atoms with van der Waals surface area (Å²) in [5, 5.41) is 13.1. The molecule has 0 aliphatic rings. The van der Waals surface area contributed by atoms with Crippen molar-refractivity contribution >= 4 is 5.91 Å². The quantitative estimate of drug-likeness (QED) is 0.850. The summed E-state index contributed by atoms with van der Waals surface area (Å²) in [6, 6.07) is 5.33. The summed E-state index contributed by atoms with van der Waals surface area (Å²) in [7, 11) is 0. The average Bonchev–Trinajstić information content (AvgIpc) is 2.82. The van der Waals surface area contributed by atoms with Gasteiger partial charge in [0.1, 0.15) is 11.4 Å². The Morgan fingerprint density at radius 2 is 2.17 bits per heavy atom. The van der Waals surface area contributed by atoms with Crippen LogP contribution >= 0.6 is 0 Å². The molecule has 0 spiro atoms. The van der Waals surface area contributed by atoms with Gasteiger partial charge in [0.15, 0.2) is 0 Å². The molecule has 0 aliphatic carbocycles.